The van der Waals surface area contributed by atoms with Gasteiger partial charge in [0.15, 0.2) is 21.4 Å². The highest BCUT2D eigenvalue weighted by atomic mass is 35.5. The number of rotatable bonds is 6. The van der Waals surface area contributed by atoms with Crippen LogP contribution >= 0.6 is 11.6 Å². The maximum atomic E-state index is 14.1. The summed E-state index contributed by atoms with van der Waals surface area (Å²) >= 11 is 5.79. The minimum absolute atomic E-state index is 0.0361. The molecule has 0 radical (unpaired) electrons. The molecule has 1 fully saturated rings. The van der Waals surface area contributed by atoms with Crippen molar-refractivity contribution in [3.05, 3.63) is 53.3 Å². The van der Waals surface area contributed by atoms with Crippen LogP contribution in [0.1, 0.15) is 13.3 Å². The van der Waals surface area contributed by atoms with Crippen molar-refractivity contribution in [2.75, 3.05) is 19.7 Å². The van der Waals surface area contributed by atoms with E-state index in [1.165, 1.54) is 36.4 Å². The van der Waals surface area contributed by atoms with E-state index in [2.05, 4.69) is 0 Å². The molecule has 1 saturated heterocycles. The second-order valence-electron chi connectivity index (χ2n) is 6.30. The summed E-state index contributed by atoms with van der Waals surface area (Å²) in [5.74, 6) is -0.821. The van der Waals surface area contributed by atoms with Gasteiger partial charge in [0.2, 0.25) is 10.0 Å². The molecule has 6 nitrogen and oxygen atoms in total. The van der Waals surface area contributed by atoms with Gasteiger partial charge >= 0.3 is 0 Å². The molecule has 2 aromatic rings. The van der Waals surface area contributed by atoms with Gasteiger partial charge in [-0.25, -0.2) is 21.2 Å². The lowest BCUT2D eigenvalue weighted by Gasteiger charge is -2.17. The fourth-order valence-corrected chi connectivity index (χ4v) is 6.47. The number of benzene rings is 2. The maximum Gasteiger partial charge on any atom is 0.243 e. The second kappa shape index (κ2) is 7.98. The largest absolute Gasteiger partial charge is 0.491 e. The number of sulfone groups is 1. The summed E-state index contributed by atoms with van der Waals surface area (Å²) in [4.78, 5) is -0.147. The third kappa shape index (κ3) is 4.03. The predicted octanol–water partition coefficient (Wildman–Crippen LogP) is 3.11. The molecule has 1 atom stereocenters. The van der Waals surface area contributed by atoms with Crippen molar-refractivity contribution in [3.8, 4) is 5.75 Å². The van der Waals surface area contributed by atoms with Crippen molar-refractivity contribution in [1.82, 2.24) is 4.31 Å². The number of hydrogen-bond donors (Lipinski definition) is 0. The topological polar surface area (TPSA) is 80.8 Å². The van der Waals surface area contributed by atoms with E-state index in [0.717, 1.165) is 10.4 Å². The molecule has 0 bridgehead atoms. The van der Waals surface area contributed by atoms with E-state index in [1.807, 2.05) is 0 Å². The lowest BCUT2D eigenvalue weighted by molar-refractivity contribution is 0.321. The van der Waals surface area contributed by atoms with Crippen molar-refractivity contribution in [2.24, 2.45) is 0 Å². The molecule has 0 saturated carbocycles. The average Bonchev–Trinajstić information content (AvgIpc) is 3.16. The zero-order chi connectivity index (χ0) is 20.5. The summed E-state index contributed by atoms with van der Waals surface area (Å²) < 4.78 is 71.4. The zero-order valence-electron chi connectivity index (χ0n) is 15.0. The number of nitrogens with zero attached hydrogens (tertiary/aromatic N) is 1. The molecule has 1 aliphatic heterocycles. The summed E-state index contributed by atoms with van der Waals surface area (Å²) in [6, 6.07) is 9.14. The van der Waals surface area contributed by atoms with Crippen molar-refractivity contribution < 1.29 is 26.0 Å². The second-order valence-corrected chi connectivity index (χ2v) is 10.9. The van der Waals surface area contributed by atoms with Gasteiger partial charge in [0, 0.05) is 18.1 Å². The highest BCUT2D eigenvalue weighted by Gasteiger charge is 2.39. The van der Waals surface area contributed by atoms with Crippen molar-refractivity contribution in [2.45, 2.75) is 28.4 Å². The van der Waals surface area contributed by atoms with Crippen LogP contribution in [0.5, 0.6) is 5.75 Å². The number of ether oxygens (including phenoxy) is 1. The van der Waals surface area contributed by atoms with Crippen LogP contribution in [0.25, 0.3) is 0 Å². The third-order valence-corrected chi connectivity index (χ3v) is 8.83. The number of halogens is 2. The van der Waals surface area contributed by atoms with E-state index < -0.39 is 30.9 Å². The van der Waals surface area contributed by atoms with Gasteiger partial charge in [-0.1, -0.05) is 11.6 Å². The molecule has 0 aromatic heterocycles. The summed E-state index contributed by atoms with van der Waals surface area (Å²) in [5, 5.41) is -0.469. The van der Waals surface area contributed by atoms with E-state index in [-0.39, 0.29) is 41.7 Å². The Morgan fingerprint density at radius 1 is 1.11 bits per heavy atom. The minimum atomic E-state index is -4.02. The van der Waals surface area contributed by atoms with E-state index in [0.29, 0.717) is 5.02 Å². The Hall–Kier alpha value is -1.68. The first-order valence-corrected chi connectivity index (χ1v) is 11.9. The molecule has 3 rings (SSSR count). The molecule has 0 unspecified atom stereocenters. The summed E-state index contributed by atoms with van der Waals surface area (Å²) in [5.41, 5.74) is 0. The predicted molar refractivity (Wildman–Crippen MR) is 103 cm³/mol. The molecular formula is C18H19ClFNO5S2. The highest BCUT2D eigenvalue weighted by molar-refractivity contribution is 7.92. The first-order valence-electron chi connectivity index (χ1n) is 8.58. The first kappa shape index (κ1) is 21.0. The summed E-state index contributed by atoms with van der Waals surface area (Å²) in [6.45, 7) is 1.78. The molecule has 1 heterocycles. The van der Waals surface area contributed by atoms with Crippen molar-refractivity contribution in [1.29, 1.82) is 0 Å². The SMILES string of the molecule is CCOc1ccc(S(=O)(=O)N2CC[C@@H](S(=O)(=O)c3ccc(Cl)cc3)C2)cc1F. The quantitative estimate of drug-likeness (QED) is 0.679. The molecule has 28 heavy (non-hydrogen) atoms. The molecule has 2 aromatic carbocycles. The third-order valence-electron chi connectivity index (χ3n) is 4.53. The standard InChI is InChI=1S/C18H19ClFNO5S2/c1-2-26-18-8-7-15(11-17(18)20)28(24,25)21-10-9-16(12-21)27(22,23)14-5-3-13(19)4-6-14/h3-8,11,16H,2,9-10,12H2,1H3/t16-/m1/s1. The van der Waals surface area contributed by atoms with Crippen LogP contribution in [0.15, 0.2) is 52.3 Å². The molecule has 10 heteroatoms. The van der Waals surface area contributed by atoms with Crippen molar-refractivity contribution in [3.63, 3.8) is 0 Å². The molecule has 0 aliphatic carbocycles. The van der Waals surface area contributed by atoms with Gasteiger partial charge in [0.05, 0.1) is 21.6 Å². The fourth-order valence-electron chi connectivity index (χ4n) is 3.05. The van der Waals surface area contributed by atoms with Gasteiger partial charge in [0.25, 0.3) is 0 Å². The first-order chi connectivity index (χ1) is 13.2. The Balaban J connectivity index is 1.82. The lowest BCUT2D eigenvalue weighted by atomic mass is 10.3. The Bertz CT molecular complexity index is 1070. The van der Waals surface area contributed by atoms with E-state index >= 15 is 0 Å². The highest BCUT2D eigenvalue weighted by Crippen LogP contribution is 2.30. The van der Waals surface area contributed by atoms with Crippen LogP contribution in [-0.2, 0) is 19.9 Å². The smallest absolute Gasteiger partial charge is 0.243 e. The normalized spacial score (nSPS) is 18.3. The Morgan fingerprint density at radius 3 is 2.36 bits per heavy atom. The maximum absolute atomic E-state index is 14.1. The average molecular weight is 448 g/mol. The van der Waals surface area contributed by atoms with E-state index in [9.17, 15) is 21.2 Å². The zero-order valence-corrected chi connectivity index (χ0v) is 17.4. The summed E-state index contributed by atoms with van der Waals surface area (Å²) in [7, 11) is -7.73. The van der Waals surface area contributed by atoms with Gasteiger partial charge in [-0.05, 0) is 55.8 Å². The molecule has 152 valence electrons. The van der Waals surface area contributed by atoms with Gasteiger partial charge in [0.1, 0.15) is 0 Å². The van der Waals surface area contributed by atoms with Crippen LogP contribution in [-0.4, -0.2) is 46.1 Å². The molecule has 0 spiro atoms. The minimum Gasteiger partial charge on any atom is -0.491 e. The van der Waals surface area contributed by atoms with Crippen LogP contribution in [0.4, 0.5) is 4.39 Å². The summed E-state index contributed by atoms with van der Waals surface area (Å²) in [6.07, 6.45) is 0.156. The number of hydrogen-bond acceptors (Lipinski definition) is 5. The van der Waals surface area contributed by atoms with Crippen LogP contribution in [0.3, 0.4) is 0 Å². The van der Waals surface area contributed by atoms with Crippen LogP contribution < -0.4 is 4.74 Å². The van der Waals surface area contributed by atoms with Crippen LogP contribution in [0, 0.1) is 5.82 Å². The van der Waals surface area contributed by atoms with E-state index in [4.69, 9.17) is 16.3 Å². The van der Waals surface area contributed by atoms with Gasteiger partial charge in [-0.3, -0.25) is 0 Å². The Kier molecular flexibility index (Phi) is 6.00. The molecule has 0 amide bonds. The molecular weight excluding hydrogens is 429 g/mol. The molecule has 1 aliphatic rings. The van der Waals surface area contributed by atoms with Crippen LogP contribution in [0.2, 0.25) is 5.02 Å². The fraction of sp³-hybridized carbons (Fsp3) is 0.333. The number of sulfonamides is 1. The van der Waals surface area contributed by atoms with Gasteiger partial charge in [-0.15, -0.1) is 0 Å². The monoisotopic (exact) mass is 447 g/mol. The lowest BCUT2D eigenvalue weighted by Crippen LogP contribution is -2.32. The van der Waals surface area contributed by atoms with Gasteiger partial charge < -0.3 is 4.74 Å². The Labute approximate surface area is 168 Å². The van der Waals surface area contributed by atoms with E-state index in [1.54, 1.807) is 6.92 Å². The molecule has 0 N–H and O–H groups in total. The Morgan fingerprint density at radius 2 is 1.75 bits per heavy atom. The van der Waals surface area contributed by atoms with Gasteiger partial charge in [-0.2, -0.15) is 4.31 Å². The van der Waals surface area contributed by atoms with Crippen molar-refractivity contribution >= 4 is 31.5 Å².